The van der Waals surface area contributed by atoms with Crippen LogP contribution in [0.5, 0.6) is 5.75 Å². The Balaban J connectivity index is 1.83. The number of likely N-dealkylation sites (tertiary alicyclic amines) is 1. The molecule has 1 fully saturated rings. The van der Waals surface area contributed by atoms with Gasteiger partial charge in [-0.2, -0.15) is 0 Å². The van der Waals surface area contributed by atoms with Crippen LogP contribution in [0.15, 0.2) is 18.2 Å². The van der Waals surface area contributed by atoms with Gasteiger partial charge in [-0.3, -0.25) is 24.6 Å². The lowest BCUT2D eigenvalue weighted by Crippen LogP contribution is -2.53. The number of ether oxygens (including phenoxy) is 1. The van der Waals surface area contributed by atoms with Gasteiger partial charge in [0, 0.05) is 31.3 Å². The van der Waals surface area contributed by atoms with Crippen molar-refractivity contribution in [3.63, 3.8) is 0 Å². The van der Waals surface area contributed by atoms with Gasteiger partial charge in [-0.25, -0.2) is 0 Å². The summed E-state index contributed by atoms with van der Waals surface area (Å²) in [6.07, 6.45) is 1.72. The number of nitrogens with two attached hydrogens (primary N) is 1. The number of nitro groups is 1. The van der Waals surface area contributed by atoms with Gasteiger partial charge in [0.2, 0.25) is 5.91 Å². The molecule has 2 aliphatic heterocycles. The fourth-order valence-electron chi connectivity index (χ4n) is 3.51. The Morgan fingerprint density at radius 2 is 2.23 bits per heavy atom. The van der Waals surface area contributed by atoms with Crippen molar-refractivity contribution in [1.82, 2.24) is 4.90 Å². The summed E-state index contributed by atoms with van der Waals surface area (Å²) in [7, 11) is 0. The number of amides is 2. The number of hydrogen-bond donors (Lipinski definition) is 1. The molecule has 0 aliphatic carbocycles. The van der Waals surface area contributed by atoms with Crippen LogP contribution in [0.25, 0.3) is 0 Å². The van der Waals surface area contributed by atoms with E-state index in [0.29, 0.717) is 24.8 Å². The number of piperidine rings is 1. The van der Waals surface area contributed by atoms with Crippen LogP contribution in [0.4, 0.5) is 11.4 Å². The normalized spacial score (nSPS) is 22.6. The van der Waals surface area contributed by atoms with E-state index >= 15 is 0 Å². The Kier molecular flexibility index (Phi) is 5.08. The van der Waals surface area contributed by atoms with Gasteiger partial charge in [0.1, 0.15) is 12.3 Å². The molecular weight excluding hydrogens is 340 g/mol. The first kappa shape index (κ1) is 18.1. The fraction of sp³-hybridized carbons (Fsp3) is 0.529. The summed E-state index contributed by atoms with van der Waals surface area (Å²) in [6, 6.07) is 3.97. The average Bonchev–Trinajstić information content (AvgIpc) is 2.63. The van der Waals surface area contributed by atoms with E-state index < -0.39 is 10.8 Å². The van der Waals surface area contributed by atoms with Crippen molar-refractivity contribution in [2.24, 2.45) is 11.7 Å². The number of carbonyl (C=O) groups excluding carboxylic acids is 2. The zero-order valence-corrected chi connectivity index (χ0v) is 14.6. The highest BCUT2D eigenvalue weighted by Crippen LogP contribution is 2.35. The highest BCUT2D eigenvalue weighted by Gasteiger charge is 2.34. The molecule has 2 aliphatic rings. The Labute approximate surface area is 150 Å². The summed E-state index contributed by atoms with van der Waals surface area (Å²) in [6.45, 7) is 2.72. The second-order valence-corrected chi connectivity index (χ2v) is 6.78. The third kappa shape index (κ3) is 3.48. The fourth-order valence-corrected chi connectivity index (χ4v) is 3.51. The quantitative estimate of drug-likeness (QED) is 0.628. The molecule has 26 heavy (non-hydrogen) atoms. The molecule has 0 bridgehead atoms. The zero-order chi connectivity index (χ0) is 18.8. The van der Waals surface area contributed by atoms with Gasteiger partial charge in [-0.1, -0.05) is 6.92 Å². The number of nitrogens with zero attached hydrogens (tertiary/aromatic N) is 3. The van der Waals surface area contributed by atoms with Crippen molar-refractivity contribution < 1.29 is 19.2 Å². The molecule has 1 saturated heterocycles. The van der Waals surface area contributed by atoms with Gasteiger partial charge in [-0.15, -0.1) is 0 Å². The molecule has 2 unspecified atom stereocenters. The molecule has 0 spiro atoms. The molecular formula is C17H22N4O5. The Bertz CT molecular complexity index is 738. The second-order valence-electron chi connectivity index (χ2n) is 6.78. The van der Waals surface area contributed by atoms with Gasteiger partial charge < -0.3 is 15.4 Å². The number of fused-ring (bicyclic) bond motifs is 1. The summed E-state index contributed by atoms with van der Waals surface area (Å²) in [5.41, 5.74) is 5.90. The third-order valence-corrected chi connectivity index (χ3v) is 4.96. The van der Waals surface area contributed by atoms with E-state index in [1.807, 2.05) is 0 Å². The number of rotatable bonds is 4. The smallest absolute Gasteiger partial charge is 0.271 e. The molecule has 3 rings (SSSR count). The van der Waals surface area contributed by atoms with Crippen LogP contribution in [0.3, 0.4) is 0 Å². The molecule has 1 aromatic rings. The van der Waals surface area contributed by atoms with E-state index in [-0.39, 0.29) is 36.5 Å². The number of anilines is 1. The molecule has 2 atom stereocenters. The standard InChI is InChI=1S/C17H22N4O5/c1-11-4-5-19(13(6-11)8-18)16(22)9-20-14-7-12(21(24)25)2-3-15(14)26-10-17(20)23/h2-3,7,11,13H,4-6,8-10,18H2,1H3. The summed E-state index contributed by atoms with van der Waals surface area (Å²) in [5, 5.41) is 11.0. The van der Waals surface area contributed by atoms with Crippen molar-refractivity contribution in [2.45, 2.75) is 25.8 Å². The van der Waals surface area contributed by atoms with Crippen LogP contribution in [-0.4, -0.2) is 53.9 Å². The van der Waals surface area contributed by atoms with Crippen molar-refractivity contribution in [3.8, 4) is 5.75 Å². The van der Waals surface area contributed by atoms with E-state index in [9.17, 15) is 19.7 Å². The number of non-ortho nitro benzene ring substituents is 1. The molecule has 2 heterocycles. The molecule has 140 valence electrons. The Morgan fingerprint density at radius 1 is 1.46 bits per heavy atom. The van der Waals surface area contributed by atoms with E-state index in [2.05, 4.69) is 6.92 Å². The molecule has 1 aromatic carbocycles. The van der Waals surface area contributed by atoms with Crippen LogP contribution < -0.4 is 15.4 Å². The SMILES string of the molecule is CC1CCN(C(=O)CN2C(=O)COc3ccc([N+](=O)[O-])cc32)C(CN)C1. The van der Waals surface area contributed by atoms with Crippen LogP contribution in [0.1, 0.15) is 19.8 Å². The molecule has 2 amide bonds. The van der Waals surface area contributed by atoms with Crippen molar-refractivity contribution >= 4 is 23.2 Å². The van der Waals surface area contributed by atoms with Crippen LogP contribution >= 0.6 is 0 Å². The van der Waals surface area contributed by atoms with Gasteiger partial charge in [-0.05, 0) is 24.8 Å². The minimum atomic E-state index is -0.546. The lowest BCUT2D eigenvalue weighted by molar-refractivity contribution is -0.384. The predicted molar refractivity (Wildman–Crippen MR) is 93.9 cm³/mol. The molecule has 2 N–H and O–H groups in total. The average molecular weight is 362 g/mol. The summed E-state index contributed by atoms with van der Waals surface area (Å²) < 4.78 is 5.33. The maximum absolute atomic E-state index is 12.8. The molecule has 0 radical (unpaired) electrons. The van der Waals surface area contributed by atoms with E-state index in [1.54, 1.807) is 4.90 Å². The first-order valence-electron chi connectivity index (χ1n) is 8.62. The number of nitro benzene ring substituents is 1. The van der Waals surface area contributed by atoms with E-state index in [0.717, 1.165) is 12.8 Å². The maximum atomic E-state index is 12.8. The van der Waals surface area contributed by atoms with Crippen molar-refractivity contribution in [1.29, 1.82) is 0 Å². The summed E-state index contributed by atoms with van der Waals surface area (Å²) in [5.74, 6) is 0.243. The third-order valence-electron chi connectivity index (χ3n) is 4.96. The molecule has 0 aromatic heterocycles. The van der Waals surface area contributed by atoms with E-state index in [4.69, 9.17) is 10.5 Å². The van der Waals surface area contributed by atoms with Gasteiger partial charge >= 0.3 is 0 Å². The number of carbonyl (C=O) groups is 2. The number of hydrogen-bond acceptors (Lipinski definition) is 6. The number of benzene rings is 1. The molecule has 9 heteroatoms. The minimum Gasteiger partial charge on any atom is -0.482 e. The Hall–Kier alpha value is -2.68. The summed E-state index contributed by atoms with van der Waals surface area (Å²) in [4.78, 5) is 38.6. The molecule has 0 saturated carbocycles. The van der Waals surface area contributed by atoms with Crippen LogP contribution in [0.2, 0.25) is 0 Å². The summed E-state index contributed by atoms with van der Waals surface area (Å²) >= 11 is 0. The van der Waals surface area contributed by atoms with E-state index in [1.165, 1.54) is 23.1 Å². The van der Waals surface area contributed by atoms with Gasteiger partial charge in [0.15, 0.2) is 6.61 Å². The van der Waals surface area contributed by atoms with Crippen LogP contribution in [-0.2, 0) is 9.59 Å². The highest BCUT2D eigenvalue weighted by molar-refractivity contribution is 6.02. The van der Waals surface area contributed by atoms with Gasteiger partial charge in [0.05, 0.1) is 10.6 Å². The van der Waals surface area contributed by atoms with Crippen molar-refractivity contribution in [2.75, 3.05) is 31.1 Å². The maximum Gasteiger partial charge on any atom is 0.271 e. The lowest BCUT2D eigenvalue weighted by atomic mass is 9.92. The first-order chi connectivity index (χ1) is 12.4. The van der Waals surface area contributed by atoms with Crippen LogP contribution in [0, 0.1) is 16.0 Å². The highest BCUT2D eigenvalue weighted by atomic mass is 16.6. The topological polar surface area (TPSA) is 119 Å². The van der Waals surface area contributed by atoms with Crippen molar-refractivity contribution in [3.05, 3.63) is 28.3 Å². The minimum absolute atomic E-state index is 0.0491. The monoisotopic (exact) mass is 362 g/mol. The second kappa shape index (κ2) is 7.28. The first-order valence-corrected chi connectivity index (χ1v) is 8.62. The Morgan fingerprint density at radius 3 is 2.92 bits per heavy atom. The zero-order valence-electron chi connectivity index (χ0n) is 14.6. The lowest BCUT2D eigenvalue weighted by Gasteiger charge is -2.39. The van der Waals surface area contributed by atoms with Gasteiger partial charge in [0.25, 0.3) is 11.6 Å². The predicted octanol–water partition coefficient (Wildman–Crippen LogP) is 0.906. The largest absolute Gasteiger partial charge is 0.482 e. The molecule has 9 nitrogen and oxygen atoms in total.